The molecule has 0 fully saturated rings. The highest BCUT2D eigenvalue weighted by Gasteiger charge is 2.06. The SMILES string of the molecule is COc1cnc(-c2ccc3cc(CNC(C)=O)[nH]c3c2)cn1. The summed E-state index contributed by atoms with van der Waals surface area (Å²) in [7, 11) is 1.56. The lowest BCUT2D eigenvalue weighted by Crippen LogP contribution is -2.18. The lowest BCUT2D eigenvalue weighted by Gasteiger charge is -2.02. The van der Waals surface area contributed by atoms with Crippen molar-refractivity contribution < 1.29 is 9.53 Å². The van der Waals surface area contributed by atoms with Crippen LogP contribution in [-0.4, -0.2) is 28.0 Å². The molecule has 6 nitrogen and oxygen atoms in total. The Kier molecular flexibility index (Phi) is 3.74. The number of H-pyrrole nitrogens is 1. The molecule has 0 radical (unpaired) electrons. The number of hydrogen-bond acceptors (Lipinski definition) is 4. The highest BCUT2D eigenvalue weighted by molar-refractivity contribution is 5.85. The molecule has 0 aliphatic heterocycles. The Hall–Kier alpha value is -2.89. The number of carbonyl (C=O) groups excluding carboxylic acids is 1. The number of carbonyl (C=O) groups is 1. The molecule has 0 saturated carbocycles. The van der Waals surface area contributed by atoms with Gasteiger partial charge in [-0.15, -0.1) is 0 Å². The molecule has 0 bridgehead atoms. The summed E-state index contributed by atoms with van der Waals surface area (Å²) in [5.74, 6) is 0.440. The van der Waals surface area contributed by atoms with Crippen molar-refractivity contribution in [3.05, 3.63) is 42.4 Å². The van der Waals surface area contributed by atoms with Crippen molar-refractivity contribution in [1.29, 1.82) is 0 Å². The molecule has 2 heterocycles. The van der Waals surface area contributed by atoms with Crippen molar-refractivity contribution in [3.63, 3.8) is 0 Å². The minimum atomic E-state index is -0.0483. The molecule has 6 heteroatoms. The van der Waals surface area contributed by atoms with Crippen LogP contribution in [0.25, 0.3) is 22.2 Å². The molecule has 0 spiro atoms. The summed E-state index contributed by atoms with van der Waals surface area (Å²) in [5, 5.41) is 3.86. The van der Waals surface area contributed by atoms with Crippen LogP contribution in [0.2, 0.25) is 0 Å². The van der Waals surface area contributed by atoms with E-state index in [4.69, 9.17) is 4.74 Å². The first-order valence-corrected chi connectivity index (χ1v) is 6.88. The van der Waals surface area contributed by atoms with E-state index in [-0.39, 0.29) is 5.91 Å². The number of benzene rings is 1. The predicted molar refractivity (Wildman–Crippen MR) is 83.4 cm³/mol. The van der Waals surface area contributed by atoms with Gasteiger partial charge in [0.1, 0.15) is 0 Å². The molecule has 3 aromatic rings. The second-order valence-electron chi connectivity index (χ2n) is 4.95. The number of amides is 1. The van der Waals surface area contributed by atoms with E-state index in [2.05, 4.69) is 20.3 Å². The summed E-state index contributed by atoms with van der Waals surface area (Å²) in [5.41, 5.74) is 3.70. The average molecular weight is 296 g/mol. The normalized spacial score (nSPS) is 10.6. The number of aromatic amines is 1. The summed E-state index contributed by atoms with van der Waals surface area (Å²) in [6.45, 7) is 1.99. The van der Waals surface area contributed by atoms with Crippen LogP contribution in [0.5, 0.6) is 5.88 Å². The quantitative estimate of drug-likeness (QED) is 0.774. The first kappa shape index (κ1) is 14.1. The Labute approximate surface area is 127 Å². The summed E-state index contributed by atoms with van der Waals surface area (Å²) < 4.78 is 5.01. The minimum absolute atomic E-state index is 0.0483. The maximum absolute atomic E-state index is 11.0. The lowest BCUT2D eigenvalue weighted by atomic mass is 10.1. The third kappa shape index (κ3) is 2.90. The summed E-state index contributed by atoms with van der Waals surface area (Å²) in [6.07, 6.45) is 3.28. The number of nitrogens with one attached hydrogen (secondary N) is 2. The molecule has 112 valence electrons. The fourth-order valence-electron chi connectivity index (χ4n) is 2.23. The van der Waals surface area contributed by atoms with E-state index in [9.17, 15) is 4.79 Å². The van der Waals surface area contributed by atoms with Gasteiger partial charge in [-0.25, -0.2) is 9.97 Å². The van der Waals surface area contributed by atoms with Crippen LogP contribution >= 0.6 is 0 Å². The van der Waals surface area contributed by atoms with Crippen molar-refractivity contribution in [2.24, 2.45) is 0 Å². The number of aromatic nitrogens is 3. The molecule has 2 N–H and O–H groups in total. The van der Waals surface area contributed by atoms with Gasteiger partial charge in [0, 0.05) is 23.7 Å². The van der Waals surface area contributed by atoms with Gasteiger partial charge in [0.2, 0.25) is 11.8 Å². The number of rotatable bonds is 4. The Morgan fingerprint density at radius 3 is 2.82 bits per heavy atom. The Bertz CT molecular complexity index is 809. The third-order valence-electron chi connectivity index (χ3n) is 3.34. The maximum atomic E-state index is 11.0. The number of fused-ring (bicyclic) bond motifs is 1. The molecule has 0 aliphatic rings. The smallest absolute Gasteiger partial charge is 0.232 e. The fraction of sp³-hybridized carbons (Fsp3) is 0.188. The van der Waals surface area contributed by atoms with E-state index >= 15 is 0 Å². The Balaban J connectivity index is 1.89. The first-order valence-electron chi connectivity index (χ1n) is 6.88. The molecule has 0 unspecified atom stereocenters. The highest BCUT2D eigenvalue weighted by atomic mass is 16.5. The molecule has 1 aromatic carbocycles. The zero-order valence-corrected chi connectivity index (χ0v) is 12.4. The molecule has 22 heavy (non-hydrogen) atoms. The molecular formula is C16H16N4O2. The van der Waals surface area contributed by atoms with Crippen molar-refractivity contribution >= 4 is 16.8 Å². The van der Waals surface area contributed by atoms with Crippen LogP contribution in [0.15, 0.2) is 36.7 Å². The fourth-order valence-corrected chi connectivity index (χ4v) is 2.23. The maximum Gasteiger partial charge on any atom is 0.232 e. The second kappa shape index (κ2) is 5.85. The molecule has 0 saturated heterocycles. The molecule has 3 rings (SSSR count). The van der Waals surface area contributed by atoms with Gasteiger partial charge in [-0.1, -0.05) is 12.1 Å². The van der Waals surface area contributed by atoms with Gasteiger partial charge in [-0.05, 0) is 17.5 Å². The van der Waals surface area contributed by atoms with Crippen molar-refractivity contribution in [2.75, 3.05) is 7.11 Å². The summed E-state index contributed by atoms with van der Waals surface area (Å²) >= 11 is 0. The first-order chi connectivity index (χ1) is 10.7. The molecule has 1 amide bonds. The van der Waals surface area contributed by atoms with Crippen molar-refractivity contribution in [3.8, 4) is 17.1 Å². The molecule has 0 aliphatic carbocycles. The van der Waals surface area contributed by atoms with E-state index in [0.29, 0.717) is 12.4 Å². The van der Waals surface area contributed by atoms with E-state index in [1.807, 2.05) is 24.3 Å². The topological polar surface area (TPSA) is 79.9 Å². The van der Waals surface area contributed by atoms with Crippen LogP contribution in [0.3, 0.4) is 0 Å². The van der Waals surface area contributed by atoms with E-state index in [1.165, 1.54) is 6.92 Å². The average Bonchev–Trinajstić information content (AvgIpc) is 2.95. The Morgan fingerprint density at radius 2 is 2.14 bits per heavy atom. The lowest BCUT2D eigenvalue weighted by molar-refractivity contribution is -0.119. The predicted octanol–water partition coefficient (Wildman–Crippen LogP) is 2.27. The van der Waals surface area contributed by atoms with Gasteiger partial charge >= 0.3 is 0 Å². The van der Waals surface area contributed by atoms with Gasteiger partial charge in [-0.2, -0.15) is 0 Å². The van der Waals surface area contributed by atoms with Crippen molar-refractivity contribution in [1.82, 2.24) is 20.3 Å². The van der Waals surface area contributed by atoms with Crippen LogP contribution in [-0.2, 0) is 11.3 Å². The molecular weight excluding hydrogens is 280 g/mol. The molecule has 0 atom stereocenters. The number of hydrogen-bond donors (Lipinski definition) is 2. The van der Waals surface area contributed by atoms with E-state index in [1.54, 1.807) is 19.5 Å². The Morgan fingerprint density at radius 1 is 1.27 bits per heavy atom. The van der Waals surface area contributed by atoms with Crippen molar-refractivity contribution in [2.45, 2.75) is 13.5 Å². The minimum Gasteiger partial charge on any atom is -0.480 e. The monoisotopic (exact) mass is 296 g/mol. The van der Waals surface area contributed by atoms with Gasteiger partial charge in [-0.3, -0.25) is 4.79 Å². The number of methoxy groups -OCH3 is 1. The zero-order valence-electron chi connectivity index (χ0n) is 12.4. The standard InChI is InChI=1S/C16H16N4O2/c1-10(21)17-7-13-5-11-3-4-12(6-14(11)20-13)15-8-19-16(22-2)9-18-15/h3-6,8-9,20H,7H2,1-2H3,(H,17,21). The number of nitrogens with zero attached hydrogens (tertiary/aromatic N) is 2. The van der Waals surface area contributed by atoms with Gasteiger partial charge in [0.05, 0.1) is 31.7 Å². The van der Waals surface area contributed by atoms with Gasteiger partial charge in [0.15, 0.2) is 0 Å². The zero-order chi connectivity index (χ0) is 15.5. The largest absolute Gasteiger partial charge is 0.480 e. The highest BCUT2D eigenvalue weighted by Crippen LogP contribution is 2.23. The van der Waals surface area contributed by atoms with Gasteiger partial charge < -0.3 is 15.0 Å². The third-order valence-corrected chi connectivity index (χ3v) is 3.34. The summed E-state index contributed by atoms with van der Waals surface area (Å²) in [6, 6.07) is 8.05. The number of ether oxygens (including phenoxy) is 1. The van der Waals surface area contributed by atoms with Gasteiger partial charge in [0.25, 0.3) is 0 Å². The van der Waals surface area contributed by atoms with E-state index in [0.717, 1.165) is 27.9 Å². The van der Waals surface area contributed by atoms with Crippen LogP contribution in [0.1, 0.15) is 12.6 Å². The summed E-state index contributed by atoms with van der Waals surface area (Å²) in [4.78, 5) is 22.8. The van der Waals surface area contributed by atoms with E-state index < -0.39 is 0 Å². The van der Waals surface area contributed by atoms with Crippen LogP contribution in [0, 0.1) is 0 Å². The molecule has 2 aromatic heterocycles. The second-order valence-corrected chi connectivity index (χ2v) is 4.95. The van der Waals surface area contributed by atoms with Crippen LogP contribution in [0.4, 0.5) is 0 Å². The van der Waals surface area contributed by atoms with Crippen LogP contribution < -0.4 is 10.1 Å².